The molecule has 4 fully saturated rings. The molecule has 0 saturated heterocycles. The van der Waals surface area contributed by atoms with Crippen LogP contribution in [0.4, 0.5) is 0 Å². The molecule has 0 amide bonds. The van der Waals surface area contributed by atoms with Crippen LogP contribution in [0.15, 0.2) is 36.1 Å². The maximum absolute atomic E-state index is 10.7. The van der Waals surface area contributed by atoms with Crippen LogP contribution in [0, 0.1) is 23.2 Å². The molecule has 0 aromatic rings. The first kappa shape index (κ1) is 12.4. The summed E-state index contributed by atoms with van der Waals surface area (Å²) in [5.74, 6) is 2.50. The van der Waals surface area contributed by atoms with Crippen molar-refractivity contribution in [1.29, 1.82) is 5.41 Å². The molecule has 20 heavy (non-hydrogen) atoms. The van der Waals surface area contributed by atoms with E-state index in [-0.39, 0.29) is 5.54 Å². The smallest absolute Gasteiger partial charge is 0.0673 e. The Hall–Kier alpha value is -1.35. The van der Waals surface area contributed by atoms with E-state index in [1.807, 2.05) is 18.4 Å². The third-order valence-electron chi connectivity index (χ3n) is 5.67. The highest BCUT2D eigenvalue weighted by molar-refractivity contribution is 6.03. The predicted octanol–water partition coefficient (Wildman–Crippen LogP) is 3.68. The van der Waals surface area contributed by atoms with Crippen molar-refractivity contribution in [3.63, 3.8) is 0 Å². The van der Waals surface area contributed by atoms with Crippen molar-refractivity contribution in [2.45, 2.75) is 44.1 Å². The molecule has 5 rings (SSSR count). The highest BCUT2D eigenvalue weighted by atomic mass is 16.5. The van der Waals surface area contributed by atoms with Crippen molar-refractivity contribution in [1.82, 2.24) is 5.06 Å². The van der Waals surface area contributed by atoms with E-state index in [1.54, 1.807) is 12.2 Å². The Labute approximate surface area is 120 Å². The summed E-state index contributed by atoms with van der Waals surface area (Å²) >= 11 is 0. The molecule has 3 heteroatoms. The molecular weight excluding hydrogens is 248 g/mol. The van der Waals surface area contributed by atoms with Crippen molar-refractivity contribution in [3.05, 3.63) is 36.1 Å². The zero-order valence-corrected chi connectivity index (χ0v) is 11.8. The van der Waals surface area contributed by atoms with Gasteiger partial charge in [-0.1, -0.05) is 12.2 Å². The summed E-state index contributed by atoms with van der Waals surface area (Å²) in [6.07, 6.45) is 16.9. The molecular formula is C17H22N2O. The van der Waals surface area contributed by atoms with E-state index in [2.05, 4.69) is 0 Å². The second kappa shape index (κ2) is 4.32. The third-order valence-corrected chi connectivity index (χ3v) is 5.67. The Morgan fingerprint density at radius 3 is 2.00 bits per heavy atom. The van der Waals surface area contributed by atoms with Crippen LogP contribution in [-0.4, -0.2) is 21.5 Å². The fourth-order valence-corrected chi connectivity index (χ4v) is 5.19. The molecule has 0 atom stereocenters. The van der Waals surface area contributed by atoms with Gasteiger partial charge in [0.25, 0.3) is 0 Å². The lowest BCUT2D eigenvalue weighted by Crippen LogP contribution is -2.57. The van der Waals surface area contributed by atoms with Gasteiger partial charge in [0.2, 0.25) is 0 Å². The maximum Gasteiger partial charge on any atom is 0.0673 e. The lowest BCUT2D eigenvalue weighted by molar-refractivity contribution is -0.196. The Bertz CT molecular complexity index is 476. The van der Waals surface area contributed by atoms with Crippen LogP contribution in [0.5, 0.6) is 0 Å². The zero-order chi connectivity index (χ0) is 13.7. The van der Waals surface area contributed by atoms with Gasteiger partial charge in [-0.2, -0.15) is 0 Å². The molecule has 0 spiro atoms. The molecule has 4 saturated carbocycles. The van der Waals surface area contributed by atoms with Crippen LogP contribution in [0.2, 0.25) is 0 Å². The van der Waals surface area contributed by atoms with Gasteiger partial charge in [-0.05, 0) is 74.0 Å². The van der Waals surface area contributed by atoms with Gasteiger partial charge in [-0.25, -0.2) is 0 Å². The van der Waals surface area contributed by atoms with Gasteiger partial charge < -0.3 is 5.41 Å². The lowest BCUT2D eigenvalue weighted by atomic mass is 9.53. The molecule has 2 N–H and O–H groups in total. The number of hydrogen-bond acceptors (Lipinski definition) is 3. The van der Waals surface area contributed by atoms with Crippen LogP contribution < -0.4 is 0 Å². The minimum atomic E-state index is -0.00557. The summed E-state index contributed by atoms with van der Waals surface area (Å²) in [4.78, 5) is 0. The summed E-state index contributed by atoms with van der Waals surface area (Å²) in [5, 5.41) is 19.7. The predicted molar refractivity (Wildman–Crippen MR) is 78.6 cm³/mol. The summed E-state index contributed by atoms with van der Waals surface area (Å²) < 4.78 is 0. The number of rotatable bonds is 2. The normalized spacial score (nSPS) is 41.4. The lowest BCUT2D eigenvalue weighted by Gasteiger charge is -2.58. The molecule has 4 bridgehead atoms. The van der Waals surface area contributed by atoms with Gasteiger partial charge in [-0.15, -0.1) is 0 Å². The van der Waals surface area contributed by atoms with Crippen LogP contribution >= 0.6 is 0 Å². The second-order valence-electron chi connectivity index (χ2n) is 7.24. The molecule has 0 radical (unpaired) electrons. The van der Waals surface area contributed by atoms with Crippen molar-refractivity contribution in [3.8, 4) is 0 Å². The Morgan fingerprint density at radius 2 is 1.50 bits per heavy atom. The van der Waals surface area contributed by atoms with E-state index >= 15 is 0 Å². The Balaban J connectivity index is 1.58. The summed E-state index contributed by atoms with van der Waals surface area (Å²) in [6, 6.07) is 0. The standard InChI is InChI=1S/C17H22N2O/c18-16-3-1-12(2-4-16)11-19(20)17-8-13-5-14(9-17)7-15(6-13)10-17/h1-4,11,13-15,18,20H,5-10H2. The van der Waals surface area contributed by atoms with E-state index in [0.717, 1.165) is 42.6 Å². The zero-order valence-electron chi connectivity index (χ0n) is 11.8. The second-order valence-corrected chi connectivity index (χ2v) is 7.24. The molecule has 0 unspecified atom stereocenters. The molecule has 5 aliphatic carbocycles. The van der Waals surface area contributed by atoms with E-state index in [1.165, 1.54) is 24.3 Å². The SMILES string of the molecule is N=C1C=CC(=CN(O)C23CC4CC(CC(C4)C2)C3)C=C1. The van der Waals surface area contributed by atoms with Crippen molar-refractivity contribution < 1.29 is 5.21 Å². The molecule has 106 valence electrons. The van der Waals surface area contributed by atoms with Crippen LogP contribution in [0.1, 0.15) is 38.5 Å². The first-order valence-corrected chi connectivity index (χ1v) is 7.78. The van der Waals surface area contributed by atoms with Gasteiger partial charge in [0, 0.05) is 6.20 Å². The molecule has 5 aliphatic rings. The quantitative estimate of drug-likeness (QED) is 0.752. The van der Waals surface area contributed by atoms with Crippen LogP contribution in [0.3, 0.4) is 0 Å². The fourth-order valence-electron chi connectivity index (χ4n) is 5.19. The van der Waals surface area contributed by atoms with Crippen molar-refractivity contribution >= 4 is 5.71 Å². The number of allylic oxidation sites excluding steroid dienone is 5. The average molecular weight is 270 g/mol. The molecule has 0 aliphatic heterocycles. The summed E-state index contributed by atoms with van der Waals surface area (Å²) in [5.41, 5.74) is 1.50. The van der Waals surface area contributed by atoms with E-state index < -0.39 is 0 Å². The number of nitrogens with zero attached hydrogens (tertiary/aromatic N) is 1. The third kappa shape index (κ3) is 1.96. The van der Waals surface area contributed by atoms with E-state index in [0.29, 0.717) is 5.71 Å². The highest BCUT2D eigenvalue weighted by Gasteiger charge is 2.53. The van der Waals surface area contributed by atoms with Crippen LogP contribution in [-0.2, 0) is 0 Å². The maximum atomic E-state index is 10.7. The number of nitrogens with one attached hydrogen (secondary N) is 1. The Kier molecular flexibility index (Phi) is 2.68. The largest absolute Gasteiger partial charge is 0.301 e. The number of hydrogen-bond donors (Lipinski definition) is 2. The fraction of sp³-hybridized carbons (Fsp3) is 0.588. The van der Waals surface area contributed by atoms with Crippen molar-refractivity contribution in [2.24, 2.45) is 17.8 Å². The first-order chi connectivity index (χ1) is 9.63. The average Bonchev–Trinajstić information content (AvgIpc) is 2.40. The van der Waals surface area contributed by atoms with E-state index in [4.69, 9.17) is 5.41 Å². The summed E-state index contributed by atoms with van der Waals surface area (Å²) in [6.45, 7) is 0. The van der Waals surface area contributed by atoms with Gasteiger partial charge >= 0.3 is 0 Å². The molecule has 0 heterocycles. The Morgan fingerprint density at radius 1 is 1.00 bits per heavy atom. The number of hydroxylamine groups is 2. The van der Waals surface area contributed by atoms with Gasteiger partial charge in [-0.3, -0.25) is 10.3 Å². The molecule has 0 aromatic heterocycles. The van der Waals surface area contributed by atoms with Gasteiger partial charge in [0.15, 0.2) is 0 Å². The summed E-state index contributed by atoms with van der Waals surface area (Å²) in [7, 11) is 0. The highest BCUT2D eigenvalue weighted by Crippen LogP contribution is 2.57. The topological polar surface area (TPSA) is 47.3 Å². The van der Waals surface area contributed by atoms with Gasteiger partial charge in [0.1, 0.15) is 0 Å². The molecule has 0 aromatic carbocycles. The van der Waals surface area contributed by atoms with Gasteiger partial charge in [0.05, 0.1) is 11.3 Å². The first-order valence-electron chi connectivity index (χ1n) is 7.78. The molecule has 3 nitrogen and oxygen atoms in total. The van der Waals surface area contributed by atoms with E-state index in [9.17, 15) is 5.21 Å². The van der Waals surface area contributed by atoms with Crippen LogP contribution in [0.25, 0.3) is 0 Å². The van der Waals surface area contributed by atoms with Crippen molar-refractivity contribution in [2.75, 3.05) is 0 Å². The minimum absolute atomic E-state index is 0.00557. The monoisotopic (exact) mass is 270 g/mol. The minimum Gasteiger partial charge on any atom is -0.301 e.